The number of rotatable bonds is 3. The number of carboxylic acid groups (broad SMARTS) is 1. The molecular weight excluding hydrogens is 274 g/mol. The van der Waals surface area contributed by atoms with Gasteiger partial charge in [-0.25, -0.2) is 0 Å². The first-order chi connectivity index (χ1) is 7.58. The van der Waals surface area contributed by atoms with Crippen LogP contribution in [0.25, 0.3) is 0 Å². The molecule has 0 aliphatic carbocycles. The quantitative estimate of drug-likeness (QED) is 0.879. The van der Waals surface area contributed by atoms with Crippen molar-refractivity contribution in [3.63, 3.8) is 0 Å². The van der Waals surface area contributed by atoms with Gasteiger partial charge in [0.2, 0.25) is 0 Å². The molecular formula is C11H12BrNO3. The van der Waals surface area contributed by atoms with E-state index >= 15 is 0 Å². The second-order valence-corrected chi connectivity index (χ2v) is 4.67. The molecule has 2 rings (SSSR count). The van der Waals surface area contributed by atoms with Gasteiger partial charge in [0, 0.05) is 6.42 Å². The molecule has 4 nitrogen and oxygen atoms in total. The normalized spacial score (nSPS) is 15.4. The summed E-state index contributed by atoms with van der Waals surface area (Å²) in [5.74, 6) is -0.111. The van der Waals surface area contributed by atoms with Gasteiger partial charge >= 0.3 is 5.97 Å². The average Bonchev–Trinajstić information content (AvgIpc) is 2.65. The van der Waals surface area contributed by atoms with Crippen LogP contribution in [-0.4, -0.2) is 23.7 Å². The third-order valence-electron chi connectivity index (χ3n) is 2.57. The van der Waals surface area contributed by atoms with Gasteiger partial charge in [0.1, 0.15) is 11.8 Å². The van der Waals surface area contributed by atoms with E-state index < -0.39 is 12.0 Å². The molecule has 1 heterocycles. The van der Waals surface area contributed by atoms with Gasteiger partial charge in [-0.3, -0.25) is 4.79 Å². The summed E-state index contributed by atoms with van der Waals surface area (Å²) in [5, 5.41) is 8.74. The highest BCUT2D eigenvalue weighted by Gasteiger charge is 2.19. The van der Waals surface area contributed by atoms with Gasteiger partial charge in [-0.05, 0) is 39.5 Å². The number of carboxylic acids is 1. The fraction of sp³-hybridized carbons (Fsp3) is 0.364. The van der Waals surface area contributed by atoms with Crippen molar-refractivity contribution in [2.45, 2.75) is 18.9 Å². The van der Waals surface area contributed by atoms with E-state index in [2.05, 4.69) is 15.9 Å². The Kier molecular flexibility index (Phi) is 3.16. The predicted octanol–water partition coefficient (Wildman–Crippen LogP) is 1.34. The zero-order chi connectivity index (χ0) is 11.7. The lowest BCUT2D eigenvalue weighted by Crippen LogP contribution is -2.32. The van der Waals surface area contributed by atoms with Gasteiger partial charge in [-0.15, -0.1) is 0 Å². The highest BCUT2D eigenvalue weighted by atomic mass is 79.9. The third-order valence-corrected chi connectivity index (χ3v) is 3.16. The number of hydrogen-bond donors (Lipinski definition) is 2. The first kappa shape index (κ1) is 11.4. The van der Waals surface area contributed by atoms with Crippen LogP contribution in [0, 0.1) is 0 Å². The molecule has 5 heteroatoms. The van der Waals surface area contributed by atoms with E-state index in [0.717, 1.165) is 27.8 Å². The third kappa shape index (κ3) is 2.20. The van der Waals surface area contributed by atoms with Crippen molar-refractivity contribution < 1.29 is 14.6 Å². The molecule has 0 spiro atoms. The van der Waals surface area contributed by atoms with Crippen molar-refractivity contribution in [2.24, 2.45) is 5.73 Å². The second-order valence-electron chi connectivity index (χ2n) is 3.81. The van der Waals surface area contributed by atoms with Crippen molar-refractivity contribution in [1.82, 2.24) is 0 Å². The van der Waals surface area contributed by atoms with E-state index in [4.69, 9.17) is 15.6 Å². The Morgan fingerprint density at radius 3 is 3.06 bits per heavy atom. The standard InChI is InChI=1S/C11H12BrNO3/c12-8-4-6(5-9(13)11(14)15)3-7-1-2-16-10(7)8/h3-4,9H,1-2,5,13H2,(H,14,15). The zero-order valence-corrected chi connectivity index (χ0v) is 10.2. The summed E-state index contributed by atoms with van der Waals surface area (Å²) in [7, 11) is 0. The number of halogens is 1. The number of carbonyl (C=O) groups is 1. The Morgan fingerprint density at radius 2 is 2.38 bits per heavy atom. The molecule has 0 saturated carbocycles. The van der Waals surface area contributed by atoms with Crippen LogP contribution < -0.4 is 10.5 Å². The fourth-order valence-corrected chi connectivity index (χ4v) is 2.45. The van der Waals surface area contributed by atoms with Crippen molar-refractivity contribution in [3.05, 3.63) is 27.7 Å². The van der Waals surface area contributed by atoms with E-state index in [9.17, 15) is 4.79 Å². The van der Waals surface area contributed by atoms with Crippen LogP contribution in [0.5, 0.6) is 5.75 Å². The molecule has 16 heavy (non-hydrogen) atoms. The first-order valence-electron chi connectivity index (χ1n) is 5.00. The molecule has 1 aliphatic rings. The monoisotopic (exact) mass is 285 g/mol. The Labute approximate surface area is 102 Å². The van der Waals surface area contributed by atoms with Gasteiger partial charge in [-0.2, -0.15) is 0 Å². The Balaban J connectivity index is 2.23. The van der Waals surface area contributed by atoms with Gasteiger partial charge in [0.25, 0.3) is 0 Å². The largest absolute Gasteiger partial charge is 0.492 e. The molecule has 0 saturated heterocycles. The van der Waals surface area contributed by atoms with Gasteiger partial charge in [-0.1, -0.05) is 6.07 Å². The van der Waals surface area contributed by atoms with Crippen LogP contribution in [0.4, 0.5) is 0 Å². The lowest BCUT2D eigenvalue weighted by atomic mass is 10.0. The molecule has 86 valence electrons. The predicted molar refractivity (Wildman–Crippen MR) is 62.7 cm³/mol. The maximum atomic E-state index is 10.7. The van der Waals surface area contributed by atoms with Crippen LogP contribution in [0.3, 0.4) is 0 Å². The van der Waals surface area contributed by atoms with Gasteiger partial charge in [0.05, 0.1) is 11.1 Å². The smallest absolute Gasteiger partial charge is 0.320 e. The summed E-state index contributed by atoms with van der Waals surface area (Å²) in [4.78, 5) is 10.7. The SMILES string of the molecule is NC(Cc1cc(Br)c2c(c1)CCO2)C(=O)O. The minimum Gasteiger partial charge on any atom is -0.492 e. The highest BCUT2D eigenvalue weighted by molar-refractivity contribution is 9.10. The number of aliphatic carboxylic acids is 1. The number of fused-ring (bicyclic) bond motifs is 1. The molecule has 0 amide bonds. The summed E-state index contributed by atoms with van der Waals surface area (Å²) < 4.78 is 6.31. The maximum absolute atomic E-state index is 10.7. The number of ether oxygens (including phenoxy) is 1. The van der Waals surface area contributed by atoms with Crippen LogP contribution in [0.15, 0.2) is 16.6 Å². The van der Waals surface area contributed by atoms with E-state index in [1.165, 1.54) is 0 Å². The van der Waals surface area contributed by atoms with E-state index in [1.807, 2.05) is 12.1 Å². The number of benzene rings is 1. The van der Waals surface area contributed by atoms with Crippen LogP contribution >= 0.6 is 15.9 Å². The van der Waals surface area contributed by atoms with Gasteiger partial charge < -0.3 is 15.6 Å². The molecule has 0 bridgehead atoms. The molecule has 1 aromatic carbocycles. The summed E-state index contributed by atoms with van der Waals surface area (Å²) in [5.41, 5.74) is 7.53. The lowest BCUT2D eigenvalue weighted by molar-refractivity contribution is -0.138. The minimum atomic E-state index is -0.979. The van der Waals surface area contributed by atoms with Crippen molar-refractivity contribution in [2.75, 3.05) is 6.61 Å². The van der Waals surface area contributed by atoms with Gasteiger partial charge in [0.15, 0.2) is 0 Å². The molecule has 1 aliphatic heterocycles. The van der Waals surface area contributed by atoms with Crippen molar-refractivity contribution >= 4 is 21.9 Å². The fourth-order valence-electron chi connectivity index (χ4n) is 1.78. The molecule has 1 unspecified atom stereocenters. The molecule has 1 aromatic rings. The van der Waals surface area contributed by atoms with Crippen molar-refractivity contribution in [1.29, 1.82) is 0 Å². The van der Waals surface area contributed by atoms with E-state index in [-0.39, 0.29) is 0 Å². The highest BCUT2D eigenvalue weighted by Crippen LogP contribution is 2.35. The Hall–Kier alpha value is -1.07. The number of nitrogens with two attached hydrogens (primary N) is 1. The van der Waals surface area contributed by atoms with E-state index in [1.54, 1.807) is 0 Å². The lowest BCUT2D eigenvalue weighted by Gasteiger charge is -2.09. The number of hydrogen-bond acceptors (Lipinski definition) is 3. The Morgan fingerprint density at radius 1 is 1.62 bits per heavy atom. The van der Waals surface area contributed by atoms with Crippen LogP contribution in [-0.2, 0) is 17.6 Å². The molecule has 0 aromatic heterocycles. The van der Waals surface area contributed by atoms with Crippen LogP contribution in [0.1, 0.15) is 11.1 Å². The molecule has 0 radical (unpaired) electrons. The minimum absolute atomic E-state index is 0.335. The summed E-state index contributed by atoms with van der Waals surface area (Å²) in [6, 6.07) is 2.98. The topological polar surface area (TPSA) is 72.5 Å². The van der Waals surface area contributed by atoms with E-state index in [0.29, 0.717) is 13.0 Å². The van der Waals surface area contributed by atoms with Crippen molar-refractivity contribution in [3.8, 4) is 5.75 Å². The average molecular weight is 286 g/mol. The Bertz CT molecular complexity index is 433. The second kappa shape index (κ2) is 4.43. The zero-order valence-electron chi connectivity index (χ0n) is 8.57. The van der Waals surface area contributed by atoms with Crippen LogP contribution in [0.2, 0.25) is 0 Å². The molecule has 3 N–H and O–H groups in total. The maximum Gasteiger partial charge on any atom is 0.320 e. The first-order valence-corrected chi connectivity index (χ1v) is 5.79. The summed E-state index contributed by atoms with van der Waals surface area (Å²) in [6.45, 7) is 0.683. The summed E-state index contributed by atoms with van der Waals surface area (Å²) in [6.07, 6.45) is 1.20. The summed E-state index contributed by atoms with van der Waals surface area (Å²) >= 11 is 3.41. The molecule has 1 atom stereocenters. The molecule has 0 fully saturated rings.